The molecule has 15 heavy (non-hydrogen) atoms. The fraction of sp³-hybridized carbons (Fsp3) is 0.222. The van der Waals surface area contributed by atoms with E-state index in [1.807, 2.05) is 0 Å². The topological polar surface area (TPSA) is 83.6 Å². The summed E-state index contributed by atoms with van der Waals surface area (Å²) in [5, 5.41) is 17.6. The molecule has 1 aromatic carbocycles. The van der Waals surface area contributed by atoms with Gasteiger partial charge in [0.15, 0.2) is 11.6 Å². The maximum Gasteiger partial charge on any atom is 0.305 e. The lowest BCUT2D eigenvalue weighted by Gasteiger charge is -2.12. The average molecular weight is 217 g/mol. The Hall–Kier alpha value is -1.69. The summed E-state index contributed by atoms with van der Waals surface area (Å²) in [6.45, 7) is 0. The largest absolute Gasteiger partial charge is 0.505 e. The van der Waals surface area contributed by atoms with Crippen LogP contribution in [-0.2, 0) is 4.79 Å². The second-order valence-corrected chi connectivity index (χ2v) is 3.00. The normalized spacial score (nSPS) is 12.5. The second-order valence-electron chi connectivity index (χ2n) is 3.00. The van der Waals surface area contributed by atoms with E-state index >= 15 is 0 Å². The van der Waals surface area contributed by atoms with Gasteiger partial charge in [0.1, 0.15) is 5.82 Å². The van der Waals surface area contributed by atoms with E-state index < -0.39 is 41.4 Å². The molecule has 0 saturated heterocycles. The molecular formula is C9H9F2NO3. The van der Waals surface area contributed by atoms with E-state index in [2.05, 4.69) is 0 Å². The lowest BCUT2D eigenvalue weighted by molar-refractivity contribution is -0.137. The van der Waals surface area contributed by atoms with Crippen LogP contribution in [0.5, 0.6) is 5.75 Å². The van der Waals surface area contributed by atoms with Gasteiger partial charge in [-0.25, -0.2) is 8.78 Å². The number of phenolic OH excluding ortho intramolecular Hbond substituents is 1. The van der Waals surface area contributed by atoms with E-state index in [4.69, 9.17) is 10.8 Å². The van der Waals surface area contributed by atoms with E-state index in [9.17, 15) is 18.7 Å². The number of rotatable bonds is 3. The van der Waals surface area contributed by atoms with Crippen molar-refractivity contribution in [3.05, 3.63) is 29.3 Å². The molecule has 1 rings (SSSR count). The minimum Gasteiger partial charge on any atom is -0.505 e. The lowest BCUT2D eigenvalue weighted by atomic mass is 10.0. The molecule has 0 saturated carbocycles. The summed E-state index contributed by atoms with van der Waals surface area (Å²) < 4.78 is 26.0. The summed E-state index contributed by atoms with van der Waals surface area (Å²) in [4.78, 5) is 10.3. The first-order chi connectivity index (χ1) is 6.93. The standard InChI is InChI=1S/C9H9F2NO3/c10-4-1-2-5(11)9(15)8(4)6(12)3-7(13)14/h1-2,6,15H,3,12H2,(H,13,14). The van der Waals surface area contributed by atoms with Crippen molar-refractivity contribution in [3.8, 4) is 5.75 Å². The summed E-state index contributed by atoms with van der Waals surface area (Å²) in [5.41, 5.74) is 4.80. The smallest absolute Gasteiger partial charge is 0.305 e. The van der Waals surface area contributed by atoms with Gasteiger partial charge in [0.25, 0.3) is 0 Å². The molecule has 0 heterocycles. The number of hydrogen-bond donors (Lipinski definition) is 3. The molecule has 4 N–H and O–H groups in total. The molecule has 6 heteroatoms. The Balaban J connectivity index is 3.12. The van der Waals surface area contributed by atoms with Gasteiger partial charge in [-0.05, 0) is 12.1 Å². The summed E-state index contributed by atoms with van der Waals surface area (Å²) in [6.07, 6.45) is -0.589. The van der Waals surface area contributed by atoms with Crippen molar-refractivity contribution in [2.45, 2.75) is 12.5 Å². The zero-order valence-corrected chi connectivity index (χ0v) is 7.58. The fourth-order valence-corrected chi connectivity index (χ4v) is 1.20. The van der Waals surface area contributed by atoms with E-state index in [1.54, 1.807) is 0 Å². The molecule has 4 nitrogen and oxygen atoms in total. The van der Waals surface area contributed by atoms with E-state index in [0.717, 1.165) is 12.1 Å². The van der Waals surface area contributed by atoms with Crippen LogP contribution in [-0.4, -0.2) is 16.2 Å². The van der Waals surface area contributed by atoms with Crippen LogP contribution in [0.3, 0.4) is 0 Å². The average Bonchev–Trinajstić information content (AvgIpc) is 2.11. The highest BCUT2D eigenvalue weighted by atomic mass is 19.1. The number of phenols is 1. The molecule has 0 aromatic heterocycles. The van der Waals surface area contributed by atoms with Crippen LogP contribution in [0.4, 0.5) is 8.78 Å². The minimum absolute atomic E-state index is 0.516. The zero-order valence-electron chi connectivity index (χ0n) is 7.58. The van der Waals surface area contributed by atoms with Gasteiger partial charge >= 0.3 is 5.97 Å². The minimum atomic E-state index is -1.28. The summed E-state index contributed by atoms with van der Waals surface area (Å²) in [6, 6.07) is 0.242. The second kappa shape index (κ2) is 4.22. The quantitative estimate of drug-likeness (QED) is 0.709. The Bertz CT molecular complexity index is 395. The van der Waals surface area contributed by atoms with Crippen LogP contribution < -0.4 is 5.73 Å². The molecule has 1 aromatic rings. The van der Waals surface area contributed by atoms with Crippen LogP contribution in [0, 0.1) is 11.6 Å². The van der Waals surface area contributed by atoms with E-state index in [1.165, 1.54) is 0 Å². The van der Waals surface area contributed by atoms with Crippen LogP contribution in [0.25, 0.3) is 0 Å². The molecular weight excluding hydrogens is 208 g/mol. The molecule has 0 aliphatic carbocycles. The molecule has 0 amide bonds. The third kappa shape index (κ3) is 2.41. The number of aromatic hydroxyl groups is 1. The Morgan fingerprint density at radius 3 is 2.47 bits per heavy atom. The Labute approximate surface area is 83.9 Å². The van der Waals surface area contributed by atoms with Gasteiger partial charge in [-0.1, -0.05) is 0 Å². The molecule has 1 atom stereocenters. The Kier molecular flexibility index (Phi) is 3.21. The Morgan fingerprint density at radius 2 is 1.93 bits per heavy atom. The number of halogens is 2. The molecule has 82 valence electrons. The number of hydrogen-bond acceptors (Lipinski definition) is 3. The fourth-order valence-electron chi connectivity index (χ4n) is 1.20. The molecule has 1 unspecified atom stereocenters. The van der Waals surface area contributed by atoms with Gasteiger partial charge in [0, 0.05) is 11.6 Å². The van der Waals surface area contributed by atoms with Crippen LogP contribution >= 0.6 is 0 Å². The summed E-state index contributed by atoms with van der Waals surface area (Å²) in [5.74, 6) is -4.16. The maximum atomic E-state index is 13.1. The van der Waals surface area contributed by atoms with Gasteiger partial charge in [0.2, 0.25) is 0 Å². The highest BCUT2D eigenvalue weighted by Gasteiger charge is 2.21. The van der Waals surface area contributed by atoms with Gasteiger partial charge in [-0.2, -0.15) is 0 Å². The number of carboxylic acid groups (broad SMARTS) is 1. The van der Waals surface area contributed by atoms with Gasteiger partial charge < -0.3 is 15.9 Å². The molecule has 0 aliphatic heterocycles. The van der Waals surface area contributed by atoms with Crippen molar-refractivity contribution in [1.29, 1.82) is 0 Å². The predicted octanol–water partition coefficient (Wildman–Crippen LogP) is 1.14. The van der Waals surface area contributed by atoms with Crippen molar-refractivity contribution in [1.82, 2.24) is 0 Å². The Morgan fingerprint density at radius 1 is 1.40 bits per heavy atom. The van der Waals surface area contributed by atoms with Crippen LogP contribution in [0.2, 0.25) is 0 Å². The highest BCUT2D eigenvalue weighted by Crippen LogP contribution is 2.29. The highest BCUT2D eigenvalue weighted by molar-refractivity contribution is 5.68. The van der Waals surface area contributed by atoms with Crippen molar-refractivity contribution in [3.63, 3.8) is 0 Å². The van der Waals surface area contributed by atoms with Gasteiger partial charge in [-0.15, -0.1) is 0 Å². The molecule has 0 fully saturated rings. The molecule has 0 bridgehead atoms. The molecule has 0 spiro atoms. The first-order valence-corrected chi connectivity index (χ1v) is 4.07. The van der Waals surface area contributed by atoms with Crippen molar-refractivity contribution in [2.75, 3.05) is 0 Å². The maximum absolute atomic E-state index is 13.1. The van der Waals surface area contributed by atoms with Crippen molar-refractivity contribution in [2.24, 2.45) is 5.73 Å². The van der Waals surface area contributed by atoms with E-state index in [0.29, 0.717) is 0 Å². The number of benzene rings is 1. The predicted molar refractivity (Wildman–Crippen MR) is 47.2 cm³/mol. The third-order valence-corrected chi connectivity index (χ3v) is 1.88. The first kappa shape index (κ1) is 11.4. The van der Waals surface area contributed by atoms with Crippen LogP contribution in [0.15, 0.2) is 12.1 Å². The van der Waals surface area contributed by atoms with Crippen molar-refractivity contribution < 1.29 is 23.8 Å². The van der Waals surface area contributed by atoms with Crippen LogP contribution in [0.1, 0.15) is 18.0 Å². The van der Waals surface area contributed by atoms with E-state index in [-0.39, 0.29) is 0 Å². The van der Waals surface area contributed by atoms with Crippen molar-refractivity contribution >= 4 is 5.97 Å². The number of carbonyl (C=O) groups is 1. The number of nitrogens with two attached hydrogens (primary N) is 1. The summed E-state index contributed by atoms with van der Waals surface area (Å²) >= 11 is 0. The number of carboxylic acids is 1. The SMILES string of the molecule is NC(CC(=O)O)c1c(F)ccc(F)c1O. The monoisotopic (exact) mass is 217 g/mol. The molecule has 0 radical (unpaired) electrons. The van der Waals surface area contributed by atoms with Gasteiger partial charge in [0.05, 0.1) is 6.42 Å². The third-order valence-electron chi connectivity index (χ3n) is 1.88. The first-order valence-electron chi connectivity index (χ1n) is 4.07. The molecule has 0 aliphatic rings. The summed E-state index contributed by atoms with van der Waals surface area (Å²) in [7, 11) is 0. The number of aliphatic carboxylic acids is 1. The zero-order chi connectivity index (χ0) is 11.6. The lowest BCUT2D eigenvalue weighted by Crippen LogP contribution is -2.17. The van der Waals surface area contributed by atoms with Gasteiger partial charge in [-0.3, -0.25) is 4.79 Å².